The highest BCUT2D eigenvalue weighted by Gasteiger charge is 2.40. The lowest BCUT2D eigenvalue weighted by molar-refractivity contribution is -0.138. The molecule has 3 nitrogen and oxygen atoms in total. The van der Waals surface area contributed by atoms with Crippen molar-refractivity contribution < 1.29 is 31.5 Å². The molecule has 1 aliphatic carbocycles. The number of benzene rings is 1. The highest BCUT2D eigenvalue weighted by Crippen LogP contribution is 2.45. The van der Waals surface area contributed by atoms with Crippen LogP contribution in [-0.4, -0.2) is 19.0 Å². The van der Waals surface area contributed by atoms with Crippen LogP contribution in [0.3, 0.4) is 0 Å². The van der Waals surface area contributed by atoms with Gasteiger partial charge in [0.2, 0.25) is 5.92 Å². The molecule has 0 bridgehead atoms. The van der Waals surface area contributed by atoms with Crippen molar-refractivity contribution in [1.82, 2.24) is 0 Å². The Morgan fingerprint density at radius 2 is 1.83 bits per heavy atom. The molecule has 2 N–H and O–H groups in total. The fraction of sp³-hybridized carbons (Fsp3) is 0.533. The summed E-state index contributed by atoms with van der Waals surface area (Å²) < 4.78 is 70.7. The summed E-state index contributed by atoms with van der Waals surface area (Å²) in [4.78, 5) is 11.5. The van der Waals surface area contributed by atoms with Crippen molar-refractivity contribution in [3.8, 4) is 0 Å². The van der Waals surface area contributed by atoms with Crippen LogP contribution in [0.4, 0.5) is 27.6 Å². The van der Waals surface area contributed by atoms with Crippen molar-refractivity contribution in [2.45, 2.75) is 43.7 Å². The van der Waals surface area contributed by atoms with E-state index >= 15 is 0 Å². The first-order chi connectivity index (χ1) is 10.5. The molecular weight excluding hydrogens is 321 g/mol. The number of hydrogen-bond donors (Lipinski definition) is 1. The zero-order valence-corrected chi connectivity index (χ0v) is 12.3. The van der Waals surface area contributed by atoms with E-state index in [2.05, 4.69) is 4.74 Å². The van der Waals surface area contributed by atoms with Crippen LogP contribution in [0.25, 0.3) is 0 Å². The lowest BCUT2D eigenvalue weighted by Gasteiger charge is -2.30. The summed E-state index contributed by atoms with van der Waals surface area (Å²) in [6.45, 7) is 0. The number of carbonyl (C=O) groups is 1. The van der Waals surface area contributed by atoms with Gasteiger partial charge in [0.1, 0.15) is 0 Å². The number of methoxy groups -OCH3 is 1. The van der Waals surface area contributed by atoms with Crippen LogP contribution in [0, 0.1) is 0 Å². The SMILES string of the molecule is COC(=O)c1cc(C(F)(F)F)c(C2CCC(F)(F)CC2)cc1N. The number of hydrogen-bond acceptors (Lipinski definition) is 3. The van der Waals surface area contributed by atoms with Crippen molar-refractivity contribution in [3.63, 3.8) is 0 Å². The van der Waals surface area contributed by atoms with E-state index in [9.17, 15) is 26.7 Å². The summed E-state index contributed by atoms with van der Waals surface area (Å²) in [5.41, 5.74) is 3.95. The Morgan fingerprint density at radius 3 is 2.30 bits per heavy atom. The molecule has 0 unspecified atom stereocenters. The number of rotatable bonds is 2. The number of ether oxygens (including phenoxy) is 1. The van der Waals surface area contributed by atoms with Crippen LogP contribution < -0.4 is 5.73 Å². The summed E-state index contributed by atoms with van der Waals surface area (Å²) in [6.07, 6.45) is -5.77. The Labute approximate surface area is 129 Å². The van der Waals surface area contributed by atoms with Gasteiger partial charge in [0.05, 0.1) is 18.2 Å². The number of esters is 1. The molecule has 1 saturated carbocycles. The van der Waals surface area contributed by atoms with Crippen LogP contribution in [0.5, 0.6) is 0 Å². The molecule has 2 rings (SSSR count). The van der Waals surface area contributed by atoms with Crippen molar-refractivity contribution in [2.75, 3.05) is 12.8 Å². The van der Waals surface area contributed by atoms with Crippen LogP contribution >= 0.6 is 0 Å². The van der Waals surface area contributed by atoms with E-state index in [-0.39, 0.29) is 29.7 Å². The number of nitrogens with two attached hydrogens (primary N) is 1. The highest BCUT2D eigenvalue weighted by molar-refractivity contribution is 5.95. The van der Waals surface area contributed by atoms with Gasteiger partial charge in [0.15, 0.2) is 0 Å². The topological polar surface area (TPSA) is 52.3 Å². The van der Waals surface area contributed by atoms with Gasteiger partial charge in [0, 0.05) is 18.5 Å². The zero-order valence-electron chi connectivity index (χ0n) is 12.3. The standard InChI is InChI=1S/C15H16F5NO2/c1-23-13(22)10-6-11(15(18,19)20)9(7-12(10)21)8-2-4-14(16,17)5-3-8/h6-8H,2-5,21H2,1H3. The molecule has 23 heavy (non-hydrogen) atoms. The maximum absolute atomic E-state index is 13.3. The predicted octanol–water partition coefficient (Wildman–Crippen LogP) is 4.37. The van der Waals surface area contributed by atoms with Crippen LogP contribution in [0.15, 0.2) is 12.1 Å². The smallest absolute Gasteiger partial charge is 0.416 e. The molecule has 0 atom stereocenters. The zero-order chi connectivity index (χ0) is 17.4. The molecule has 0 saturated heterocycles. The third-order valence-corrected chi connectivity index (χ3v) is 4.09. The van der Waals surface area contributed by atoms with Crippen LogP contribution in [0.2, 0.25) is 0 Å². The minimum absolute atomic E-state index is 0.0624. The Morgan fingerprint density at radius 1 is 1.26 bits per heavy atom. The molecule has 1 aliphatic rings. The fourth-order valence-electron chi connectivity index (χ4n) is 2.86. The Bertz CT molecular complexity index is 603. The van der Waals surface area contributed by atoms with Gasteiger partial charge in [-0.25, -0.2) is 13.6 Å². The van der Waals surface area contributed by atoms with E-state index < -0.39 is 42.4 Å². The van der Waals surface area contributed by atoms with Crippen LogP contribution in [0.1, 0.15) is 53.1 Å². The van der Waals surface area contributed by atoms with E-state index in [4.69, 9.17) is 5.73 Å². The molecular formula is C15H16F5NO2. The van der Waals surface area contributed by atoms with Gasteiger partial charge in [-0.15, -0.1) is 0 Å². The molecule has 0 aromatic heterocycles. The number of halogens is 5. The lowest BCUT2D eigenvalue weighted by atomic mass is 9.79. The maximum atomic E-state index is 13.3. The van der Waals surface area contributed by atoms with Crippen molar-refractivity contribution >= 4 is 11.7 Å². The number of nitrogen functional groups attached to an aromatic ring is 1. The van der Waals surface area contributed by atoms with E-state index in [1.165, 1.54) is 0 Å². The van der Waals surface area contributed by atoms with Gasteiger partial charge in [-0.1, -0.05) is 0 Å². The lowest BCUT2D eigenvalue weighted by Crippen LogP contribution is -2.25. The van der Waals surface area contributed by atoms with Gasteiger partial charge in [-0.2, -0.15) is 13.2 Å². The predicted molar refractivity (Wildman–Crippen MR) is 73.4 cm³/mol. The van der Waals surface area contributed by atoms with Crippen molar-refractivity contribution in [1.29, 1.82) is 0 Å². The molecule has 1 fully saturated rings. The van der Waals surface area contributed by atoms with Crippen LogP contribution in [-0.2, 0) is 10.9 Å². The first kappa shape index (κ1) is 17.5. The summed E-state index contributed by atoms with van der Waals surface area (Å²) >= 11 is 0. The summed E-state index contributed by atoms with van der Waals surface area (Å²) in [7, 11) is 1.03. The Kier molecular flexibility index (Phi) is 4.54. The van der Waals surface area contributed by atoms with Gasteiger partial charge in [-0.3, -0.25) is 0 Å². The summed E-state index contributed by atoms with van der Waals surface area (Å²) in [5, 5.41) is 0. The molecule has 0 amide bonds. The molecule has 0 aliphatic heterocycles. The van der Waals surface area contributed by atoms with E-state index in [0.717, 1.165) is 13.2 Å². The van der Waals surface area contributed by atoms with Gasteiger partial charge in [0.25, 0.3) is 0 Å². The van der Waals surface area contributed by atoms with Gasteiger partial charge >= 0.3 is 12.1 Å². The number of carbonyl (C=O) groups excluding carboxylic acids is 1. The number of alkyl halides is 5. The molecule has 8 heteroatoms. The average Bonchev–Trinajstić information content (AvgIpc) is 2.45. The largest absolute Gasteiger partial charge is 0.465 e. The Hall–Kier alpha value is -1.86. The molecule has 0 radical (unpaired) electrons. The second-order valence-electron chi connectivity index (χ2n) is 5.65. The monoisotopic (exact) mass is 337 g/mol. The maximum Gasteiger partial charge on any atom is 0.416 e. The van der Waals surface area contributed by atoms with Gasteiger partial charge < -0.3 is 10.5 Å². The first-order valence-corrected chi connectivity index (χ1v) is 7.02. The minimum Gasteiger partial charge on any atom is -0.465 e. The molecule has 0 spiro atoms. The fourth-order valence-corrected chi connectivity index (χ4v) is 2.86. The minimum atomic E-state index is -4.72. The summed E-state index contributed by atoms with van der Waals surface area (Å²) in [6, 6.07) is 1.70. The molecule has 1 aromatic rings. The summed E-state index contributed by atoms with van der Waals surface area (Å²) in [5.74, 6) is -4.48. The second-order valence-corrected chi connectivity index (χ2v) is 5.65. The molecule has 0 heterocycles. The second kappa shape index (κ2) is 5.98. The van der Waals surface area contributed by atoms with E-state index in [1.807, 2.05) is 0 Å². The third-order valence-electron chi connectivity index (χ3n) is 4.09. The highest BCUT2D eigenvalue weighted by atomic mass is 19.4. The first-order valence-electron chi connectivity index (χ1n) is 7.02. The van der Waals surface area contributed by atoms with E-state index in [1.54, 1.807) is 0 Å². The number of anilines is 1. The van der Waals surface area contributed by atoms with Crippen molar-refractivity contribution in [2.24, 2.45) is 0 Å². The molecule has 1 aromatic carbocycles. The van der Waals surface area contributed by atoms with Crippen molar-refractivity contribution in [3.05, 3.63) is 28.8 Å². The quantitative estimate of drug-likeness (QED) is 0.495. The van der Waals surface area contributed by atoms with E-state index in [0.29, 0.717) is 6.07 Å². The third kappa shape index (κ3) is 3.73. The average molecular weight is 337 g/mol. The molecule has 128 valence electrons. The normalized spacial score (nSPS) is 18.7. The Balaban J connectivity index is 2.47. The van der Waals surface area contributed by atoms with Gasteiger partial charge in [-0.05, 0) is 36.5 Å².